The van der Waals surface area contributed by atoms with Gasteiger partial charge in [-0.3, -0.25) is 0 Å². The van der Waals surface area contributed by atoms with Crippen LogP contribution in [0.25, 0.3) is 22.8 Å². The molecule has 0 radical (unpaired) electrons. The second-order valence-electron chi connectivity index (χ2n) is 8.02. The molecule has 4 aromatic rings. The van der Waals surface area contributed by atoms with Crippen LogP contribution < -0.4 is 4.74 Å². The van der Waals surface area contributed by atoms with Gasteiger partial charge < -0.3 is 13.8 Å². The zero-order chi connectivity index (χ0) is 24.5. The predicted molar refractivity (Wildman–Crippen MR) is 120 cm³/mol. The number of ether oxygens (including phenoxy) is 1. The first-order chi connectivity index (χ1) is 16.2. The van der Waals surface area contributed by atoms with E-state index in [9.17, 15) is 12.8 Å². The van der Waals surface area contributed by atoms with Crippen LogP contribution in [0.4, 0.5) is 4.39 Å². The third-order valence-corrected chi connectivity index (χ3v) is 6.13. The zero-order valence-corrected chi connectivity index (χ0v) is 19.8. The minimum Gasteiger partial charge on any atom is -0.481 e. The molecule has 0 saturated carbocycles. The molecule has 34 heavy (non-hydrogen) atoms. The number of rotatable bonds is 8. The monoisotopic (exact) mass is 486 g/mol. The second-order valence-corrected chi connectivity index (χ2v) is 10.0. The van der Waals surface area contributed by atoms with Gasteiger partial charge in [-0.15, -0.1) is 0 Å². The van der Waals surface area contributed by atoms with Gasteiger partial charge in [-0.2, -0.15) is 9.97 Å². The first-order valence-corrected chi connectivity index (χ1v) is 12.5. The lowest BCUT2D eigenvalue weighted by molar-refractivity contribution is 0.154. The van der Waals surface area contributed by atoms with Crippen molar-refractivity contribution in [3.8, 4) is 28.5 Å². The quantitative estimate of drug-likeness (QED) is 0.339. The van der Waals surface area contributed by atoms with Gasteiger partial charge in [0, 0.05) is 17.7 Å². The number of hydrogen-bond donors (Lipinski definition) is 0. The molecule has 2 heterocycles. The van der Waals surface area contributed by atoms with E-state index >= 15 is 0 Å². The molecule has 1 atom stereocenters. The van der Waals surface area contributed by atoms with E-state index in [1.54, 1.807) is 12.1 Å². The Morgan fingerprint density at radius 3 is 2.21 bits per heavy atom. The molecule has 0 aliphatic heterocycles. The summed E-state index contributed by atoms with van der Waals surface area (Å²) in [5.74, 6) is 1.17. The molecule has 2 aromatic heterocycles. The highest BCUT2D eigenvalue weighted by atomic mass is 32.2. The molecule has 0 amide bonds. The number of sulfone groups is 1. The molecule has 0 spiro atoms. The minimum atomic E-state index is -3.53. The lowest BCUT2D eigenvalue weighted by Crippen LogP contribution is -2.07. The van der Waals surface area contributed by atoms with Crippen LogP contribution in [-0.4, -0.2) is 35.0 Å². The molecule has 9 nitrogen and oxygen atoms in total. The lowest BCUT2D eigenvalue weighted by Gasteiger charge is -2.13. The van der Waals surface area contributed by atoms with Crippen molar-refractivity contribution in [2.75, 3.05) is 6.26 Å². The summed E-state index contributed by atoms with van der Waals surface area (Å²) in [6.45, 7) is 5.83. The Balaban J connectivity index is 1.50. The third-order valence-electron chi connectivity index (χ3n) is 5.02. The van der Waals surface area contributed by atoms with Gasteiger partial charge in [-0.05, 0) is 48.9 Å². The average Bonchev–Trinajstić information content (AvgIpc) is 3.48. The van der Waals surface area contributed by atoms with Crippen molar-refractivity contribution in [2.24, 2.45) is 0 Å². The summed E-state index contributed by atoms with van der Waals surface area (Å²) in [7, 11) is -3.53. The van der Waals surface area contributed by atoms with E-state index in [-0.39, 0.29) is 28.1 Å². The van der Waals surface area contributed by atoms with Crippen molar-refractivity contribution in [1.82, 2.24) is 20.3 Å². The summed E-state index contributed by atoms with van der Waals surface area (Å²) < 4.78 is 54.3. The number of nitrogens with zero attached hydrogens (tertiary/aromatic N) is 4. The predicted octanol–water partition coefficient (Wildman–Crippen LogP) is 4.98. The Morgan fingerprint density at radius 2 is 1.62 bits per heavy atom. The fourth-order valence-electron chi connectivity index (χ4n) is 3.13. The van der Waals surface area contributed by atoms with Crippen LogP contribution in [-0.2, 0) is 9.84 Å². The molecular formula is C23H23FN4O5S. The maximum Gasteiger partial charge on any atom is 0.268 e. The van der Waals surface area contributed by atoms with Crippen molar-refractivity contribution in [1.29, 1.82) is 0 Å². The lowest BCUT2D eigenvalue weighted by atomic mass is 10.2. The van der Waals surface area contributed by atoms with E-state index in [2.05, 4.69) is 20.3 Å². The van der Waals surface area contributed by atoms with Crippen LogP contribution in [0.15, 0.2) is 56.4 Å². The highest BCUT2D eigenvalue weighted by molar-refractivity contribution is 7.90. The van der Waals surface area contributed by atoms with Gasteiger partial charge in [0.25, 0.3) is 5.89 Å². The van der Waals surface area contributed by atoms with E-state index in [1.165, 1.54) is 12.1 Å². The Morgan fingerprint density at radius 1 is 0.971 bits per heavy atom. The molecule has 0 aliphatic rings. The molecule has 0 saturated heterocycles. The smallest absolute Gasteiger partial charge is 0.268 e. The Hall–Kier alpha value is -3.60. The standard InChI is InChI=1S/C23H23FN4O5S/c1-5-19(31-15-8-6-14(7-9-15)20-25-22(13(2)3)32-27-20)23-26-21(28-33-23)17-11-10-16(12-18(17)24)34(4,29)30/h6-13,19H,5H2,1-4H3. The Labute approximate surface area is 195 Å². The van der Waals surface area contributed by atoms with Crippen molar-refractivity contribution in [3.05, 3.63) is 60.1 Å². The molecule has 11 heteroatoms. The maximum absolute atomic E-state index is 14.5. The fraction of sp³-hybridized carbons (Fsp3) is 0.304. The van der Waals surface area contributed by atoms with E-state index < -0.39 is 21.8 Å². The van der Waals surface area contributed by atoms with Crippen LogP contribution >= 0.6 is 0 Å². The van der Waals surface area contributed by atoms with Crippen molar-refractivity contribution < 1.29 is 26.6 Å². The largest absolute Gasteiger partial charge is 0.481 e. The van der Waals surface area contributed by atoms with Gasteiger partial charge in [0.2, 0.25) is 17.5 Å². The molecule has 2 aromatic carbocycles. The topological polar surface area (TPSA) is 121 Å². The van der Waals surface area contributed by atoms with Crippen LogP contribution in [0.5, 0.6) is 5.75 Å². The Bertz CT molecular complexity index is 1400. The highest BCUT2D eigenvalue weighted by Crippen LogP contribution is 2.29. The van der Waals surface area contributed by atoms with E-state index in [4.69, 9.17) is 13.8 Å². The third kappa shape index (κ3) is 4.98. The summed E-state index contributed by atoms with van der Waals surface area (Å²) in [6.07, 6.45) is 0.958. The normalized spacial score (nSPS) is 12.8. The van der Waals surface area contributed by atoms with Crippen LogP contribution in [0.3, 0.4) is 0 Å². The Kier molecular flexibility index (Phi) is 6.47. The van der Waals surface area contributed by atoms with Gasteiger partial charge >= 0.3 is 0 Å². The molecule has 0 aliphatic carbocycles. The minimum absolute atomic E-state index is 0.00279. The van der Waals surface area contributed by atoms with Gasteiger partial charge in [-0.1, -0.05) is 31.1 Å². The molecule has 4 rings (SSSR count). The van der Waals surface area contributed by atoms with Gasteiger partial charge in [-0.25, -0.2) is 12.8 Å². The van der Waals surface area contributed by atoms with Gasteiger partial charge in [0.15, 0.2) is 15.9 Å². The van der Waals surface area contributed by atoms with Gasteiger partial charge in [0.05, 0.1) is 10.5 Å². The molecule has 178 valence electrons. The van der Waals surface area contributed by atoms with Crippen molar-refractivity contribution in [3.63, 3.8) is 0 Å². The number of halogens is 1. The summed E-state index contributed by atoms with van der Waals surface area (Å²) in [4.78, 5) is 8.51. The van der Waals surface area contributed by atoms with Crippen LogP contribution in [0.2, 0.25) is 0 Å². The molecular weight excluding hydrogens is 463 g/mol. The van der Waals surface area contributed by atoms with Crippen LogP contribution in [0, 0.1) is 5.82 Å². The van der Waals surface area contributed by atoms with Crippen LogP contribution in [0.1, 0.15) is 51.0 Å². The second kappa shape index (κ2) is 9.34. The SMILES string of the molecule is CCC(Oc1ccc(-c2noc(C(C)C)n2)cc1)c1nc(-c2ccc(S(C)(=O)=O)cc2F)no1. The number of benzene rings is 2. The van der Waals surface area contributed by atoms with Gasteiger partial charge in [0.1, 0.15) is 11.6 Å². The summed E-state index contributed by atoms with van der Waals surface area (Å²) in [6, 6.07) is 10.7. The van der Waals surface area contributed by atoms with Crippen molar-refractivity contribution >= 4 is 9.84 Å². The fourth-order valence-corrected chi connectivity index (χ4v) is 3.76. The molecule has 0 bridgehead atoms. The highest BCUT2D eigenvalue weighted by Gasteiger charge is 2.22. The van der Waals surface area contributed by atoms with Crippen molar-refractivity contribution in [2.45, 2.75) is 44.1 Å². The maximum atomic E-state index is 14.5. The first kappa shape index (κ1) is 23.6. The molecule has 0 N–H and O–H groups in total. The summed E-state index contributed by atoms with van der Waals surface area (Å²) in [5, 5.41) is 7.83. The van der Waals surface area contributed by atoms with E-state index in [0.29, 0.717) is 23.9 Å². The molecule has 1 unspecified atom stereocenters. The molecule has 0 fully saturated rings. The summed E-state index contributed by atoms with van der Waals surface area (Å²) in [5.41, 5.74) is 0.812. The zero-order valence-electron chi connectivity index (χ0n) is 19.0. The van der Waals surface area contributed by atoms with E-state index in [0.717, 1.165) is 17.9 Å². The first-order valence-electron chi connectivity index (χ1n) is 10.6. The van der Waals surface area contributed by atoms with E-state index in [1.807, 2.05) is 32.9 Å². The average molecular weight is 487 g/mol. The number of hydrogen-bond acceptors (Lipinski definition) is 9. The summed E-state index contributed by atoms with van der Waals surface area (Å²) >= 11 is 0. The number of aromatic nitrogens is 4.